The number of nitrogens with zero attached hydrogens (tertiary/aromatic N) is 1. The van der Waals surface area contributed by atoms with Crippen molar-refractivity contribution < 1.29 is 4.42 Å². The second-order valence-electron chi connectivity index (χ2n) is 3.33. The number of fused-ring (bicyclic) bond motifs is 1. The highest BCUT2D eigenvalue weighted by Gasteiger charge is 2.15. The average molecular weight is 275 g/mol. The van der Waals surface area contributed by atoms with Crippen molar-refractivity contribution in [1.82, 2.24) is 4.98 Å². The molecule has 74 valence electrons. The minimum atomic E-state index is 0.198. The Morgan fingerprint density at radius 3 is 2.43 bits per heavy atom. The zero-order valence-corrected chi connectivity index (χ0v) is 10.5. The van der Waals surface area contributed by atoms with Crippen LogP contribution in [0.2, 0.25) is 5.35 Å². The molecule has 2 aromatic rings. The van der Waals surface area contributed by atoms with Crippen molar-refractivity contribution in [3.63, 3.8) is 0 Å². The zero-order valence-electron chi connectivity index (χ0n) is 8.11. The van der Waals surface area contributed by atoms with Gasteiger partial charge >= 0.3 is 0 Å². The van der Waals surface area contributed by atoms with Crippen LogP contribution in [0.5, 0.6) is 0 Å². The maximum atomic E-state index is 5.74. The Balaban J connectivity index is 3.01. The van der Waals surface area contributed by atoms with Gasteiger partial charge in [-0.05, 0) is 49.1 Å². The molecule has 0 spiro atoms. The normalized spacial score (nSPS) is 11.2. The molecule has 0 N–H and O–H groups in total. The molecule has 1 heterocycles. The van der Waals surface area contributed by atoms with E-state index in [2.05, 4.69) is 20.9 Å². The van der Waals surface area contributed by atoms with Crippen molar-refractivity contribution in [1.29, 1.82) is 0 Å². The van der Waals surface area contributed by atoms with Gasteiger partial charge in [0.1, 0.15) is 5.52 Å². The van der Waals surface area contributed by atoms with E-state index in [4.69, 9.17) is 16.0 Å². The van der Waals surface area contributed by atoms with Gasteiger partial charge in [0.05, 0.1) is 0 Å². The highest BCUT2D eigenvalue weighted by Crippen LogP contribution is 2.33. The average Bonchev–Trinajstić information content (AvgIpc) is 2.54. The number of aromatic nitrogens is 1. The summed E-state index contributed by atoms with van der Waals surface area (Å²) in [6.45, 7) is 6.05. The summed E-state index contributed by atoms with van der Waals surface area (Å²) in [5, 5.41) is 0.198. The SMILES string of the molecule is Cc1c(Br)c(C)c2nc(Cl)oc2c1C. The largest absolute Gasteiger partial charge is 0.427 e. The van der Waals surface area contributed by atoms with Crippen molar-refractivity contribution in [2.24, 2.45) is 0 Å². The van der Waals surface area contributed by atoms with Gasteiger partial charge < -0.3 is 4.42 Å². The fraction of sp³-hybridized carbons (Fsp3) is 0.300. The minimum Gasteiger partial charge on any atom is -0.427 e. The molecule has 0 saturated carbocycles. The van der Waals surface area contributed by atoms with Crippen molar-refractivity contribution >= 4 is 38.6 Å². The summed E-state index contributed by atoms with van der Waals surface area (Å²) in [6, 6.07) is 0. The molecule has 0 amide bonds. The molecule has 0 fully saturated rings. The third-order valence-electron chi connectivity index (χ3n) is 2.52. The van der Waals surface area contributed by atoms with Gasteiger partial charge in [0.25, 0.3) is 5.35 Å². The van der Waals surface area contributed by atoms with Gasteiger partial charge in [-0.3, -0.25) is 0 Å². The number of aryl methyl sites for hydroxylation is 2. The predicted octanol–water partition coefficient (Wildman–Crippen LogP) is 4.17. The van der Waals surface area contributed by atoms with E-state index in [0.717, 1.165) is 26.7 Å². The summed E-state index contributed by atoms with van der Waals surface area (Å²) < 4.78 is 6.43. The van der Waals surface area contributed by atoms with Crippen LogP contribution in [-0.4, -0.2) is 4.98 Å². The molecule has 1 aromatic carbocycles. The third kappa shape index (κ3) is 1.27. The number of halogens is 2. The first-order valence-electron chi connectivity index (χ1n) is 4.23. The molecular formula is C10H9BrClNO. The van der Waals surface area contributed by atoms with Crippen LogP contribution in [0.3, 0.4) is 0 Å². The molecule has 0 atom stereocenters. The van der Waals surface area contributed by atoms with Crippen molar-refractivity contribution in [2.75, 3.05) is 0 Å². The lowest BCUT2D eigenvalue weighted by atomic mass is 10.1. The van der Waals surface area contributed by atoms with E-state index < -0.39 is 0 Å². The van der Waals surface area contributed by atoms with Crippen molar-refractivity contribution in [3.05, 3.63) is 26.5 Å². The number of oxazole rings is 1. The molecular weight excluding hydrogens is 265 g/mol. The Bertz CT molecular complexity index is 474. The molecule has 2 nitrogen and oxygen atoms in total. The molecule has 0 bridgehead atoms. The van der Waals surface area contributed by atoms with E-state index >= 15 is 0 Å². The van der Waals surface area contributed by atoms with E-state index in [1.807, 2.05) is 20.8 Å². The Morgan fingerprint density at radius 2 is 1.79 bits per heavy atom. The molecule has 0 unspecified atom stereocenters. The molecule has 0 radical (unpaired) electrons. The Hall–Kier alpha value is -0.540. The number of benzene rings is 1. The maximum Gasteiger partial charge on any atom is 0.293 e. The van der Waals surface area contributed by atoms with Crippen LogP contribution < -0.4 is 0 Å². The van der Waals surface area contributed by atoms with Crippen LogP contribution >= 0.6 is 27.5 Å². The molecule has 0 aliphatic heterocycles. The fourth-order valence-corrected chi connectivity index (χ4v) is 2.17. The van der Waals surface area contributed by atoms with E-state index in [1.54, 1.807) is 0 Å². The highest BCUT2D eigenvalue weighted by molar-refractivity contribution is 9.10. The molecule has 0 aliphatic rings. The highest BCUT2D eigenvalue weighted by atomic mass is 79.9. The van der Waals surface area contributed by atoms with Crippen LogP contribution in [-0.2, 0) is 0 Å². The molecule has 2 rings (SSSR count). The first-order valence-corrected chi connectivity index (χ1v) is 5.40. The molecule has 4 heteroatoms. The van der Waals surface area contributed by atoms with E-state index in [-0.39, 0.29) is 5.35 Å². The Labute approximate surface area is 95.4 Å². The monoisotopic (exact) mass is 273 g/mol. The quantitative estimate of drug-likeness (QED) is 0.720. The second kappa shape index (κ2) is 3.24. The van der Waals surface area contributed by atoms with Crippen molar-refractivity contribution in [3.8, 4) is 0 Å². The minimum absolute atomic E-state index is 0.198. The lowest BCUT2D eigenvalue weighted by molar-refractivity contribution is 0.602. The van der Waals surface area contributed by atoms with Crippen molar-refractivity contribution in [2.45, 2.75) is 20.8 Å². The Morgan fingerprint density at radius 1 is 1.14 bits per heavy atom. The first-order chi connectivity index (χ1) is 6.52. The molecule has 0 saturated heterocycles. The van der Waals surface area contributed by atoms with E-state index in [9.17, 15) is 0 Å². The summed E-state index contributed by atoms with van der Waals surface area (Å²) >= 11 is 9.27. The van der Waals surface area contributed by atoms with Crippen LogP contribution in [0.4, 0.5) is 0 Å². The Kier molecular flexibility index (Phi) is 2.32. The lowest BCUT2D eigenvalue weighted by Crippen LogP contribution is -1.89. The predicted molar refractivity (Wildman–Crippen MR) is 60.9 cm³/mol. The van der Waals surface area contributed by atoms with Gasteiger partial charge in [-0.2, -0.15) is 4.98 Å². The second-order valence-corrected chi connectivity index (χ2v) is 4.45. The summed E-state index contributed by atoms with van der Waals surface area (Å²) in [5.74, 6) is 0. The smallest absolute Gasteiger partial charge is 0.293 e. The van der Waals surface area contributed by atoms with Gasteiger partial charge in [0, 0.05) is 4.47 Å². The van der Waals surface area contributed by atoms with Crippen LogP contribution in [0.15, 0.2) is 8.89 Å². The topological polar surface area (TPSA) is 26.0 Å². The first kappa shape index (κ1) is 9.99. The third-order valence-corrected chi connectivity index (χ3v) is 3.87. The maximum absolute atomic E-state index is 5.74. The molecule has 0 aliphatic carbocycles. The lowest BCUT2D eigenvalue weighted by Gasteiger charge is -2.06. The number of rotatable bonds is 0. The van der Waals surface area contributed by atoms with E-state index in [0.29, 0.717) is 0 Å². The summed E-state index contributed by atoms with van der Waals surface area (Å²) in [6.07, 6.45) is 0. The summed E-state index contributed by atoms with van der Waals surface area (Å²) in [4.78, 5) is 4.14. The van der Waals surface area contributed by atoms with Gasteiger partial charge in [-0.25, -0.2) is 0 Å². The van der Waals surface area contributed by atoms with E-state index in [1.165, 1.54) is 5.56 Å². The van der Waals surface area contributed by atoms with Crippen LogP contribution in [0.1, 0.15) is 16.7 Å². The van der Waals surface area contributed by atoms with Crippen LogP contribution in [0, 0.1) is 20.8 Å². The van der Waals surface area contributed by atoms with Gasteiger partial charge in [-0.1, -0.05) is 15.9 Å². The zero-order chi connectivity index (χ0) is 10.5. The van der Waals surface area contributed by atoms with Gasteiger partial charge in [0.15, 0.2) is 5.58 Å². The summed E-state index contributed by atoms with van der Waals surface area (Å²) in [7, 11) is 0. The van der Waals surface area contributed by atoms with Gasteiger partial charge in [-0.15, -0.1) is 0 Å². The number of hydrogen-bond donors (Lipinski definition) is 0. The fourth-order valence-electron chi connectivity index (χ4n) is 1.52. The number of hydrogen-bond acceptors (Lipinski definition) is 2. The standard InChI is InChI=1S/C10H9BrClNO/c1-4-5(2)9-8(6(3)7(4)11)13-10(12)14-9/h1-3H3. The van der Waals surface area contributed by atoms with Crippen LogP contribution in [0.25, 0.3) is 11.1 Å². The molecule has 14 heavy (non-hydrogen) atoms. The summed E-state index contributed by atoms with van der Waals surface area (Å²) in [5.41, 5.74) is 4.94. The molecule has 1 aromatic heterocycles. The van der Waals surface area contributed by atoms with Gasteiger partial charge in [0.2, 0.25) is 0 Å².